The van der Waals surface area contributed by atoms with Crippen LogP contribution in [0, 0.1) is 0 Å². The molecule has 4 N–H and O–H groups in total. The van der Waals surface area contributed by atoms with E-state index in [1.807, 2.05) is 0 Å². The van der Waals surface area contributed by atoms with Crippen molar-refractivity contribution < 1.29 is 34.3 Å². The molecule has 0 aromatic carbocycles. The van der Waals surface area contributed by atoms with E-state index in [0.717, 1.165) is 0 Å². The summed E-state index contributed by atoms with van der Waals surface area (Å²) in [4.78, 5) is 11.3. The molecular weight excluding hydrogens is 306 g/mol. The van der Waals surface area contributed by atoms with Gasteiger partial charge in [0.05, 0.1) is 37.6 Å². The van der Waals surface area contributed by atoms with E-state index in [1.165, 1.54) is 6.92 Å². The molecule has 7 atom stereocenters. The first kappa shape index (κ1) is 20.3. The van der Waals surface area contributed by atoms with Crippen LogP contribution >= 0.6 is 0 Å². The van der Waals surface area contributed by atoms with Gasteiger partial charge in [0.25, 0.3) is 0 Å². The van der Waals surface area contributed by atoms with Gasteiger partial charge < -0.3 is 34.8 Å². The van der Waals surface area contributed by atoms with E-state index in [-0.39, 0.29) is 37.7 Å². The number of nitrogens with one attached hydrogen (secondary N) is 1. The highest BCUT2D eigenvalue weighted by atomic mass is 16.7. The van der Waals surface area contributed by atoms with E-state index >= 15 is 0 Å². The molecule has 4 unspecified atom stereocenters. The molecule has 1 aliphatic heterocycles. The lowest BCUT2D eigenvalue weighted by molar-refractivity contribution is -0.232. The van der Waals surface area contributed by atoms with Crippen LogP contribution in [-0.2, 0) is 19.0 Å². The maximum Gasteiger partial charge on any atom is 0.217 e. The summed E-state index contributed by atoms with van der Waals surface area (Å²) in [6, 6.07) is -0.377. The topological polar surface area (TPSA) is 117 Å². The molecule has 1 aliphatic rings. The summed E-state index contributed by atoms with van der Waals surface area (Å²) in [5.41, 5.74) is 0. The van der Waals surface area contributed by atoms with Crippen molar-refractivity contribution in [3.63, 3.8) is 0 Å². The molecule has 0 aliphatic carbocycles. The van der Waals surface area contributed by atoms with Gasteiger partial charge in [-0.25, -0.2) is 0 Å². The Bertz CT molecular complexity index is 368. The average molecular weight is 335 g/mol. The maximum absolute atomic E-state index is 11.3. The van der Waals surface area contributed by atoms with Crippen molar-refractivity contribution in [1.82, 2.24) is 5.32 Å². The second kappa shape index (κ2) is 9.51. The van der Waals surface area contributed by atoms with Crippen LogP contribution < -0.4 is 5.32 Å². The van der Waals surface area contributed by atoms with Gasteiger partial charge >= 0.3 is 0 Å². The number of carbonyl (C=O) groups excluding carboxylic acids is 1. The molecule has 0 aromatic rings. The molecule has 8 nitrogen and oxygen atoms in total. The Morgan fingerprint density at radius 3 is 2.57 bits per heavy atom. The second-order valence-electron chi connectivity index (χ2n) is 5.97. The van der Waals surface area contributed by atoms with Crippen molar-refractivity contribution in [2.75, 3.05) is 13.2 Å². The van der Waals surface area contributed by atoms with Crippen LogP contribution in [0.15, 0.2) is 0 Å². The first-order chi connectivity index (χ1) is 10.8. The molecule has 23 heavy (non-hydrogen) atoms. The fourth-order valence-electron chi connectivity index (χ4n) is 2.67. The number of aliphatic hydroxyl groups excluding tert-OH is 3. The minimum Gasteiger partial charge on any atom is -0.394 e. The number of hydrogen-bond donors (Lipinski definition) is 4. The zero-order valence-corrected chi connectivity index (χ0v) is 14.1. The summed E-state index contributed by atoms with van der Waals surface area (Å²) in [7, 11) is 0. The summed E-state index contributed by atoms with van der Waals surface area (Å²) >= 11 is 0. The maximum atomic E-state index is 11.3. The highest BCUT2D eigenvalue weighted by molar-refractivity contribution is 5.73. The average Bonchev–Trinajstić information content (AvgIpc) is 2.58. The molecule has 0 spiro atoms. The fourth-order valence-corrected chi connectivity index (χ4v) is 2.67. The quantitative estimate of drug-likeness (QED) is 0.448. The van der Waals surface area contributed by atoms with Gasteiger partial charge in [-0.3, -0.25) is 4.79 Å². The van der Waals surface area contributed by atoms with Crippen LogP contribution in [0.25, 0.3) is 0 Å². The Balaban J connectivity index is 2.77. The predicted molar refractivity (Wildman–Crippen MR) is 81.6 cm³/mol. The summed E-state index contributed by atoms with van der Waals surface area (Å²) in [6.45, 7) is 6.02. The summed E-state index contributed by atoms with van der Waals surface area (Å²) in [5.74, 6) is -0.217. The van der Waals surface area contributed by atoms with E-state index in [2.05, 4.69) is 5.32 Å². The van der Waals surface area contributed by atoms with Gasteiger partial charge in [0.1, 0.15) is 12.2 Å². The number of ether oxygens (including phenoxy) is 3. The monoisotopic (exact) mass is 335 g/mol. The zero-order valence-electron chi connectivity index (χ0n) is 14.1. The van der Waals surface area contributed by atoms with Crippen molar-refractivity contribution >= 4 is 5.91 Å². The lowest BCUT2D eigenvalue weighted by Crippen LogP contribution is -2.45. The Hall–Kier alpha value is -0.770. The molecule has 1 saturated heterocycles. The minimum atomic E-state index is -0.940. The standard InChI is InChI=1S/C15H29NO7/c1-8(6-17)21-11(4)23-15-13(20)5-12(16-10(3)19)9(2)22-14(15)7-18/h8-9,11-15,17-18,20H,5-7H2,1-4H3,(H,16,19)/t8?,9-,11-,12?,13?,14?,15-/m0/s1. The van der Waals surface area contributed by atoms with Crippen LogP contribution in [0.5, 0.6) is 0 Å². The molecule has 0 saturated carbocycles. The number of hydrogen-bond acceptors (Lipinski definition) is 7. The van der Waals surface area contributed by atoms with Crippen molar-refractivity contribution in [1.29, 1.82) is 0 Å². The summed E-state index contributed by atoms with van der Waals surface area (Å²) in [5, 5.41) is 31.7. The Labute approximate surface area is 136 Å². The number of aliphatic hydroxyl groups is 3. The SMILES string of the molecule is CC(=O)NC1CC(O)[C@H](O[C@@H](C)OC(C)CO)C(CO)O[C@H]1C. The third kappa shape index (κ3) is 6.33. The van der Waals surface area contributed by atoms with E-state index < -0.39 is 30.7 Å². The Morgan fingerprint density at radius 1 is 1.39 bits per heavy atom. The van der Waals surface area contributed by atoms with E-state index in [4.69, 9.17) is 19.3 Å². The molecule has 0 bridgehead atoms. The van der Waals surface area contributed by atoms with Crippen molar-refractivity contribution in [2.24, 2.45) is 0 Å². The molecule has 8 heteroatoms. The third-order valence-corrected chi connectivity index (χ3v) is 3.80. The van der Waals surface area contributed by atoms with E-state index in [1.54, 1.807) is 20.8 Å². The van der Waals surface area contributed by atoms with Crippen LogP contribution in [0.4, 0.5) is 0 Å². The van der Waals surface area contributed by atoms with E-state index in [9.17, 15) is 15.0 Å². The third-order valence-electron chi connectivity index (χ3n) is 3.80. The Morgan fingerprint density at radius 2 is 2.04 bits per heavy atom. The normalized spacial score (nSPS) is 34.5. The smallest absolute Gasteiger partial charge is 0.217 e. The van der Waals surface area contributed by atoms with Crippen molar-refractivity contribution in [3.8, 4) is 0 Å². The zero-order chi connectivity index (χ0) is 17.6. The van der Waals surface area contributed by atoms with Crippen LogP contribution in [0.2, 0.25) is 0 Å². The highest BCUT2D eigenvalue weighted by Crippen LogP contribution is 2.24. The molecule has 1 amide bonds. The first-order valence-corrected chi connectivity index (χ1v) is 7.91. The predicted octanol–water partition coefficient (Wildman–Crippen LogP) is -0.850. The minimum absolute atomic E-state index is 0.150. The summed E-state index contributed by atoms with van der Waals surface area (Å²) < 4.78 is 16.8. The lowest BCUT2D eigenvalue weighted by Gasteiger charge is -2.31. The van der Waals surface area contributed by atoms with Crippen molar-refractivity contribution in [2.45, 2.75) is 77.0 Å². The van der Waals surface area contributed by atoms with Gasteiger partial charge in [0.15, 0.2) is 6.29 Å². The van der Waals surface area contributed by atoms with Crippen molar-refractivity contribution in [3.05, 3.63) is 0 Å². The molecule has 136 valence electrons. The van der Waals surface area contributed by atoms with Crippen LogP contribution in [-0.4, -0.2) is 77.3 Å². The first-order valence-electron chi connectivity index (χ1n) is 7.91. The fraction of sp³-hybridized carbons (Fsp3) is 0.933. The molecule has 1 fully saturated rings. The van der Waals surface area contributed by atoms with Crippen LogP contribution in [0.3, 0.4) is 0 Å². The second-order valence-corrected chi connectivity index (χ2v) is 5.97. The van der Waals surface area contributed by atoms with Crippen LogP contribution in [0.1, 0.15) is 34.1 Å². The molecular formula is C15H29NO7. The number of rotatable bonds is 7. The van der Waals surface area contributed by atoms with Gasteiger partial charge in [-0.2, -0.15) is 0 Å². The number of amides is 1. The van der Waals surface area contributed by atoms with E-state index in [0.29, 0.717) is 0 Å². The van der Waals surface area contributed by atoms with Gasteiger partial charge in [-0.05, 0) is 27.2 Å². The molecule has 0 aromatic heterocycles. The molecule has 1 heterocycles. The Kier molecular flexibility index (Phi) is 8.38. The lowest BCUT2D eigenvalue weighted by atomic mass is 10.0. The summed E-state index contributed by atoms with van der Waals surface area (Å²) in [6.07, 6.45) is -3.73. The molecule has 1 rings (SSSR count). The number of carbonyl (C=O) groups is 1. The largest absolute Gasteiger partial charge is 0.394 e. The highest BCUT2D eigenvalue weighted by Gasteiger charge is 2.39. The van der Waals surface area contributed by atoms with Gasteiger partial charge in [-0.15, -0.1) is 0 Å². The van der Waals surface area contributed by atoms with Gasteiger partial charge in [0.2, 0.25) is 5.91 Å². The van der Waals surface area contributed by atoms with Gasteiger partial charge in [0, 0.05) is 6.92 Å². The molecule has 0 radical (unpaired) electrons. The van der Waals surface area contributed by atoms with Gasteiger partial charge in [-0.1, -0.05) is 0 Å².